The van der Waals surface area contributed by atoms with Crippen LogP contribution in [-0.2, 0) is 11.3 Å². The molecular weight excluding hydrogens is 407 g/mol. The van der Waals surface area contributed by atoms with Crippen LogP contribution in [0.15, 0.2) is 47.6 Å². The van der Waals surface area contributed by atoms with Crippen molar-refractivity contribution in [2.24, 2.45) is 5.10 Å². The molecule has 0 atom stereocenters. The van der Waals surface area contributed by atoms with Crippen LogP contribution in [0, 0.1) is 26.6 Å². The van der Waals surface area contributed by atoms with E-state index in [2.05, 4.69) is 15.6 Å². The third kappa shape index (κ3) is 5.67. The number of hydrazone groups is 1. The van der Waals surface area contributed by atoms with E-state index in [1.165, 1.54) is 18.3 Å². The zero-order valence-electron chi connectivity index (χ0n) is 16.9. The van der Waals surface area contributed by atoms with Crippen molar-refractivity contribution in [3.05, 3.63) is 81.4 Å². The summed E-state index contributed by atoms with van der Waals surface area (Å²) in [7, 11) is 0. The van der Waals surface area contributed by atoms with Gasteiger partial charge < -0.3 is 4.74 Å². The zero-order valence-corrected chi connectivity index (χ0v) is 17.7. The normalized spacial score (nSPS) is 11.1. The van der Waals surface area contributed by atoms with Gasteiger partial charge in [0.25, 0.3) is 5.91 Å². The van der Waals surface area contributed by atoms with Gasteiger partial charge in [0.2, 0.25) is 0 Å². The predicted octanol–water partition coefficient (Wildman–Crippen LogP) is 4.18. The first-order valence-electron chi connectivity index (χ1n) is 9.32. The van der Waals surface area contributed by atoms with Gasteiger partial charge in [-0.2, -0.15) is 10.2 Å². The van der Waals surface area contributed by atoms with Gasteiger partial charge in [0, 0.05) is 0 Å². The van der Waals surface area contributed by atoms with E-state index in [1.807, 2.05) is 32.0 Å². The number of carbonyl (C=O) groups excluding carboxylic acids is 1. The molecule has 8 heteroatoms. The van der Waals surface area contributed by atoms with Crippen LogP contribution < -0.4 is 10.2 Å². The van der Waals surface area contributed by atoms with Crippen molar-refractivity contribution in [1.29, 1.82) is 0 Å². The number of nitrogens with zero attached hydrogens (tertiary/aromatic N) is 3. The van der Waals surface area contributed by atoms with Crippen LogP contribution in [0.1, 0.15) is 27.9 Å². The molecule has 6 nitrogen and oxygen atoms in total. The summed E-state index contributed by atoms with van der Waals surface area (Å²) in [4.78, 5) is 12.0. The van der Waals surface area contributed by atoms with E-state index in [0.29, 0.717) is 28.7 Å². The van der Waals surface area contributed by atoms with Crippen LogP contribution in [0.3, 0.4) is 0 Å². The molecule has 1 heterocycles. The molecule has 1 aromatic heterocycles. The summed E-state index contributed by atoms with van der Waals surface area (Å²) in [6, 6.07) is 11.9. The molecule has 0 aliphatic heterocycles. The summed E-state index contributed by atoms with van der Waals surface area (Å²) < 4.78 is 20.2. The van der Waals surface area contributed by atoms with Gasteiger partial charge in [0.05, 0.1) is 24.0 Å². The number of carbonyl (C=O) groups is 1. The van der Waals surface area contributed by atoms with E-state index in [1.54, 1.807) is 23.7 Å². The van der Waals surface area contributed by atoms with Crippen LogP contribution in [0.5, 0.6) is 5.75 Å². The smallest absolute Gasteiger partial charge is 0.277 e. The third-order valence-corrected chi connectivity index (χ3v) is 4.70. The Balaban J connectivity index is 1.58. The van der Waals surface area contributed by atoms with Crippen LogP contribution >= 0.6 is 11.6 Å². The largest absolute Gasteiger partial charge is 0.484 e. The quantitative estimate of drug-likeness (QED) is 0.453. The zero-order chi connectivity index (χ0) is 21.7. The average molecular weight is 429 g/mol. The molecule has 0 saturated heterocycles. The molecular formula is C22H22ClFN4O2. The predicted molar refractivity (Wildman–Crippen MR) is 115 cm³/mol. The lowest BCUT2D eigenvalue weighted by atomic mass is 10.1. The van der Waals surface area contributed by atoms with Gasteiger partial charge in [-0.15, -0.1) is 0 Å². The number of halogens is 2. The van der Waals surface area contributed by atoms with E-state index in [9.17, 15) is 9.18 Å². The standard InChI is InChI=1S/C22H22ClFN4O2/c1-14-8-15(2)10-19(9-14)30-13-21(29)26-25-11-20-16(3)27-28(22(20)23)12-17-4-6-18(24)7-5-17/h4-11H,12-13H2,1-3H3,(H,26,29). The minimum Gasteiger partial charge on any atom is -0.484 e. The Bertz CT molecular complexity index is 1060. The van der Waals surface area contributed by atoms with Crippen LogP contribution in [0.2, 0.25) is 5.15 Å². The van der Waals surface area contributed by atoms with Gasteiger partial charge >= 0.3 is 0 Å². The van der Waals surface area contributed by atoms with Gasteiger partial charge in [0.1, 0.15) is 16.7 Å². The highest BCUT2D eigenvalue weighted by atomic mass is 35.5. The molecule has 0 bridgehead atoms. The highest BCUT2D eigenvalue weighted by Crippen LogP contribution is 2.19. The van der Waals surface area contributed by atoms with Crippen molar-refractivity contribution in [2.75, 3.05) is 6.61 Å². The first-order valence-corrected chi connectivity index (χ1v) is 9.70. The molecule has 3 aromatic rings. The van der Waals surface area contributed by atoms with Crippen molar-refractivity contribution in [3.8, 4) is 5.75 Å². The second-order valence-electron chi connectivity index (χ2n) is 6.98. The van der Waals surface area contributed by atoms with E-state index in [4.69, 9.17) is 16.3 Å². The highest BCUT2D eigenvalue weighted by molar-refractivity contribution is 6.32. The fraction of sp³-hybridized carbons (Fsp3) is 0.227. The molecule has 0 radical (unpaired) electrons. The van der Waals surface area contributed by atoms with Crippen LogP contribution in [0.25, 0.3) is 0 Å². The Kier molecular flexibility index (Phi) is 6.84. The molecule has 0 unspecified atom stereocenters. The number of aromatic nitrogens is 2. The van der Waals surface area contributed by atoms with E-state index in [-0.39, 0.29) is 12.4 Å². The van der Waals surface area contributed by atoms with Crippen molar-refractivity contribution in [3.63, 3.8) is 0 Å². The van der Waals surface area contributed by atoms with E-state index in [0.717, 1.165) is 16.7 Å². The molecule has 0 fully saturated rings. The summed E-state index contributed by atoms with van der Waals surface area (Å²) in [5.41, 5.74) is 6.65. The maximum absolute atomic E-state index is 13.1. The molecule has 0 aliphatic carbocycles. The number of hydrogen-bond donors (Lipinski definition) is 1. The lowest BCUT2D eigenvalue weighted by Gasteiger charge is -2.07. The van der Waals surface area contributed by atoms with Crippen molar-refractivity contribution in [2.45, 2.75) is 27.3 Å². The number of nitrogens with one attached hydrogen (secondary N) is 1. The second kappa shape index (κ2) is 9.54. The highest BCUT2D eigenvalue weighted by Gasteiger charge is 2.12. The maximum atomic E-state index is 13.1. The summed E-state index contributed by atoms with van der Waals surface area (Å²) in [6.07, 6.45) is 1.44. The summed E-state index contributed by atoms with van der Waals surface area (Å²) in [5.74, 6) is -0.0583. The Morgan fingerprint density at radius 3 is 2.53 bits per heavy atom. The second-order valence-corrected chi connectivity index (χ2v) is 7.34. The molecule has 0 saturated carbocycles. The summed E-state index contributed by atoms with van der Waals surface area (Å²) in [6.45, 7) is 5.96. The third-order valence-electron chi connectivity index (χ3n) is 4.30. The summed E-state index contributed by atoms with van der Waals surface area (Å²) >= 11 is 6.39. The Morgan fingerprint density at radius 2 is 1.87 bits per heavy atom. The van der Waals surface area contributed by atoms with Gasteiger partial charge in [0.15, 0.2) is 6.61 Å². The number of benzene rings is 2. The number of ether oxygens (including phenoxy) is 1. The Labute approximate surface area is 179 Å². The SMILES string of the molecule is Cc1cc(C)cc(OCC(=O)NN=Cc2c(C)nn(Cc3ccc(F)cc3)c2Cl)c1. The van der Waals surface area contributed by atoms with Gasteiger partial charge in [-0.05, 0) is 61.7 Å². The number of amides is 1. The minimum absolute atomic E-state index is 0.156. The fourth-order valence-electron chi connectivity index (χ4n) is 2.95. The average Bonchev–Trinajstić information content (AvgIpc) is 2.95. The maximum Gasteiger partial charge on any atom is 0.277 e. The molecule has 156 valence electrons. The Morgan fingerprint density at radius 1 is 1.20 bits per heavy atom. The first kappa shape index (κ1) is 21.5. The Hall–Kier alpha value is -3.19. The number of hydrogen-bond acceptors (Lipinski definition) is 4. The van der Waals surface area contributed by atoms with Gasteiger partial charge in [-0.1, -0.05) is 29.8 Å². The fourth-order valence-corrected chi connectivity index (χ4v) is 3.23. The van der Waals surface area contributed by atoms with E-state index < -0.39 is 5.91 Å². The lowest BCUT2D eigenvalue weighted by molar-refractivity contribution is -0.123. The van der Waals surface area contributed by atoms with Gasteiger partial charge in [-0.25, -0.2) is 14.5 Å². The number of aryl methyl sites for hydroxylation is 3. The molecule has 0 spiro atoms. The van der Waals surface area contributed by atoms with Crippen LogP contribution in [-0.4, -0.2) is 28.5 Å². The molecule has 30 heavy (non-hydrogen) atoms. The topological polar surface area (TPSA) is 68.5 Å². The molecule has 0 aliphatic rings. The minimum atomic E-state index is -0.391. The molecule has 2 aromatic carbocycles. The van der Waals surface area contributed by atoms with E-state index >= 15 is 0 Å². The number of rotatable bonds is 7. The van der Waals surface area contributed by atoms with Crippen molar-refractivity contribution >= 4 is 23.7 Å². The van der Waals surface area contributed by atoms with Crippen molar-refractivity contribution < 1.29 is 13.9 Å². The van der Waals surface area contributed by atoms with Crippen molar-refractivity contribution in [1.82, 2.24) is 15.2 Å². The summed E-state index contributed by atoms with van der Waals surface area (Å²) in [5, 5.41) is 8.71. The van der Waals surface area contributed by atoms with Crippen LogP contribution in [0.4, 0.5) is 4.39 Å². The monoisotopic (exact) mass is 428 g/mol. The molecule has 1 N–H and O–H groups in total. The molecule has 3 rings (SSSR count). The first-order chi connectivity index (χ1) is 14.3. The molecule has 1 amide bonds. The van der Waals surface area contributed by atoms with Gasteiger partial charge in [-0.3, -0.25) is 4.79 Å². The lowest BCUT2D eigenvalue weighted by Crippen LogP contribution is -2.24.